The van der Waals surface area contributed by atoms with Crippen molar-refractivity contribution in [3.63, 3.8) is 0 Å². The Kier molecular flexibility index (Phi) is 13.3. The minimum Gasteiger partial charge on any atom is -0.496 e. The summed E-state index contributed by atoms with van der Waals surface area (Å²) >= 11 is 0. The maximum atomic E-state index is 14.9. The van der Waals surface area contributed by atoms with Gasteiger partial charge >= 0.3 is 0 Å². The summed E-state index contributed by atoms with van der Waals surface area (Å²) in [5, 5.41) is 8.47. The SMILES string of the molecule is [C-]#[N+]c1ccncc1-c1ccc(NC(=O)c2ccnc(-c3c(F)cccc3OC)n2)c(N2CCN(C(=O)CCCCCCNc3ccc4c(c3)C(=O)N(C3CCC(=O)NC3=O)C4=O)CC2)c1. The lowest BCUT2D eigenvalue weighted by molar-refractivity contribution is -0.136. The molecule has 0 radical (unpaired) electrons. The number of piperidine rings is 1. The highest BCUT2D eigenvalue weighted by molar-refractivity contribution is 6.23. The van der Waals surface area contributed by atoms with Crippen LogP contribution in [0, 0.1) is 12.4 Å². The van der Waals surface area contributed by atoms with Crippen LogP contribution >= 0.6 is 0 Å². The number of unbranched alkanes of at least 4 members (excludes halogenated alkanes) is 3. The fraction of sp³-hybridized carbons (Fsp3) is 0.292. The van der Waals surface area contributed by atoms with Crippen LogP contribution in [-0.2, 0) is 14.4 Å². The van der Waals surface area contributed by atoms with Crippen molar-refractivity contribution in [2.24, 2.45) is 0 Å². The van der Waals surface area contributed by atoms with E-state index in [0.29, 0.717) is 73.9 Å². The number of methoxy groups -OCH3 is 1. The molecule has 3 aliphatic heterocycles. The Morgan fingerprint density at radius 2 is 1.71 bits per heavy atom. The van der Waals surface area contributed by atoms with E-state index < -0.39 is 41.4 Å². The van der Waals surface area contributed by atoms with Crippen molar-refractivity contribution >= 4 is 58.2 Å². The summed E-state index contributed by atoms with van der Waals surface area (Å²) in [6, 6.07) is 16.8. The van der Waals surface area contributed by atoms with Gasteiger partial charge in [-0.3, -0.25) is 44.0 Å². The van der Waals surface area contributed by atoms with E-state index in [1.165, 1.54) is 31.5 Å². The third kappa shape index (κ3) is 9.41. The van der Waals surface area contributed by atoms with Crippen LogP contribution in [0.15, 0.2) is 85.3 Å². The minimum absolute atomic E-state index is 0.00617. The zero-order chi connectivity index (χ0) is 46.3. The molecule has 3 aliphatic rings. The van der Waals surface area contributed by atoms with Crippen molar-refractivity contribution in [1.82, 2.24) is 30.1 Å². The number of benzene rings is 3. The van der Waals surface area contributed by atoms with Gasteiger partial charge in [0.1, 0.15) is 23.3 Å². The van der Waals surface area contributed by atoms with E-state index in [1.807, 2.05) is 11.0 Å². The second-order valence-corrected chi connectivity index (χ2v) is 15.9. The molecule has 3 N–H and O–H groups in total. The van der Waals surface area contributed by atoms with E-state index in [1.54, 1.807) is 54.9 Å². The summed E-state index contributed by atoms with van der Waals surface area (Å²) in [6.45, 7) is 10.2. The Balaban J connectivity index is 0.842. The average Bonchev–Trinajstić information content (AvgIpc) is 3.58. The van der Waals surface area contributed by atoms with Gasteiger partial charge in [-0.05, 0) is 79.4 Å². The predicted molar refractivity (Wildman–Crippen MR) is 241 cm³/mol. The normalized spacial score (nSPS) is 15.8. The summed E-state index contributed by atoms with van der Waals surface area (Å²) in [5.74, 6) is -3.06. The quantitative estimate of drug-likeness (QED) is 0.0606. The third-order valence-corrected chi connectivity index (χ3v) is 11.8. The fourth-order valence-corrected chi connectivity index (χ4v) is 8.38. The molecule has 17 nitrogen and oxygen atoms in total. The molecule has 3 aromatic carbocycles. The van der Waals surface area contributed by atoms with E-state index in [9.17, 15) is 33.2 Å². The number of carbonyl (C=O) groups excluding carboxylic acids is 6. The first-order valence-corrected chi connectivity index (χ1v) is 21.6. The highest BCUT2D eigenvalue weighted by Gasteiger charge is 2.44. The molecule has 0 aliphatic carbocycles. The van der Waals surface area contributed by atoms with Crippen LogP contribution in [0.25, 0.3) is 27.4 Å². The molecule has 66 heavy (non-hydrogen) atoms. The lowest BCUT2D eigenvalue weighted by Crippen LogP contribution is -2.54. The molecule has 0 bridgehead atoms. The van der Waals surface area contributed by atoms with Crippen LogP contribution < -0.4 is 25.6 Å². The third-order valence-electron chi connectivity index (χ3n) is 11.8. The highest BCUT2D eigenvalue weighted by atomic mass is 19.1. The zero-order valence-electron chi connectivity index (χ0n) is 36.0. The molecule has 5 aromatic rings. The Bertz CT molecular complexity index is 2790. The van der Waals surface area contributed by atoms with Crippen LogP contribution in [-0.4, -0.2) is 106 Å². The van der Waals surface area contributed by atoms with Crippen molar-refractivity contribution < 1.29 is 37.9 Å². The van der Waals surface area contributed by atoms with E-state index in [-0.39, 0.29) is 52.7 Å². The number of anilines is 3. The van der Waals surface area contributed by atoms with Gasteiger partial charge in [0.15, 0.2) is 11.5 Å². The van der Waals surface area contributed by atoms with E-state index >= 15 is 0 Å². The van der Waals surface area contributed by atoms with Gasteiger partial charge < -0.3 is 25.2 Å². The number of hydrogen-bond donors (Lipinski definition) is 3. The first kappa shape index (κ1) is 44.5. The molecule has 8 rings (SSSR count). The Hall–Kier alpha value is -8.07. The number of halogens is 1. The van der Waals surface area contributed by atoms with Gasteiger partial charge in [0.2, 0.25) is 17.7 Å². The van der Waals surface area contributed by atoms with E-state index in [4.69, 9.17) is 11.3 Å². The fourth-order valence-electron chi connectivity index (χ4n) is 8.38. The Morgan fingerprint density at radius 1 is 0.909 bits per heavy atom. The molecular weight excluding hydrogens is 848 g/mol. The number of carbonyl (C=O) groups is 6. The van der Waals surface area contributed by atoms with Gasteiger partial charge in [-0.2, -0.15) is 0 Å². The number of aromatic nitrogens is 3. The van der Waals surface area contributed by atoms with Gasteiger partial charge in [0.05, 0.1) is 41.7 Å². The van der Waals surface area contributed by atoms with Crippen LogP contribution in [0.1, 0.15) is 76.2 Å². The topological polar surface area (TPSA) is 200 Å². The van der Waals surface area contributed by atoms with Crippen LogP contribution in [0.5, 0.6) is 5.75 Å². The van der Waals surface area contributed by atoms with Crippen molar-refractivity contribution in [2.45, 2.75) is 51.0 Å². The Labute approximate surface area is 379 Å². The molecule has 0 spiro atoms. The second kappa shape index (κ2) is 19.8. The van der Waals surface area contributed by atoms with Gasteiger partial charge in [-0.1, -0.05) is 25.0 Å². The number of rotatable bonds is 15. The lowest BCUT2D eigenvalue weighted by Gasteiger charge is -2.37. The summed E-state index contributed by atoms with van der Waals surface area (Å²) in [5.41, 5.74) is 4.09. The Morgan fingerprint density at radius 3 is 2.50 bits per heavy atom. The van der Waals surface area contributed by atoms with Crippen LogP contribution in [0.4, 0.5) is 27.1 Å². The second-order valence-electron chi connectivity index (χ2n) is 15.9. The molecule has 2 aromatic heterocycles. The van der Waals surface area contributed by atoms with Crippen molar-refractivity contribution in [3.05, 3.63) is 119 Å². The van der Waals surface area contributed by atoms with Gasteiger partial charge in [-0.15, -0.1) is 0 Å². The van der Waals surface area contributed by atoms with Crippen LogP contribution in [0.3, 0.4) is 0 Å². The number of ether oxygens (including phenoxy) is 1. The first-order chi connectivity index (χ1) is 32.0. The molecular formula is C48H45FN10O7. The number of fused-ring (bicyclic) bond motifs is 1. The zero-order valence-corrected chi connectivity index (χ0v) is 36.0. The molecule has 2 fully saturated rings. The maximum absolute atomic E-state index is 14.9. The summed E-state index contributed by atoms with van der Waals surface area (Å²) in [4.78, 5) is 98.6. The van der Waals surface area contributed by atoms with Crippen molar-refractivity contribution in [1.29, 1.82) is 0 Å². The molecule has 0 saturated carbocycles. The number of pyridine rings is 1. The average molecular weight is 893 g/mol. The van der Waals surface area contributed by atoms with Crippen molar-refractivity contribution in [2.75, 3.05) is 55.4 Å². The number of nitrogens with one attached hydrogen (secondary N) is 3. The maximum Gasteiger partial charge on any atom is 0.274 e. The van der Waals surface area contributed by atoms with Gasteiger partial charge in [-0.25, -0.2) is 19.2 Å². The summed E-state index contributed by atoms with van der Waals surface area (Å²) < 4.78 is 20.2. The smallest absolute Gasteiger partial charge is 0.274 e. The van der Waals surface area contributed by atoms with Gasteiger partial charge in [0, 0.05) is 75.4 Å². The number of piperazine rings is 1. The van der Waals surface area contributed by atoms with Crippen molar-refractivity contribution in [3.8, 4) is 28.3 Å². The number of nitrogens with zero attached hydrogens (tertiary/aromatic N) is 7. The summed E-state index contributed by atoms with van der Waals surface area (Å²) in [7, 11) is 1.41. The van der Waals surface area contributed by atoms with Gasteiger partial charge in [0.25, 0.3) is 17.7 Å². The van der Waals surface area contributed by atoms with E-state index in [0.717, 1.165) is 29.7 Å². The lowest BCUT2D eigenvalue weighted by atomic mass is 10.0. The van der Waals surface area contributed by atoms with Crippen LogP contribution in [0.2, 0.25) is 0 Å². The molecule has 2 saturated heterocycles. The molecule has 1 unspecified atom stereocenters. The minimum atomic E-state index is -1.02. The molecule has 6 amide bonds. The molecule has 1 atom stereocenters. The number of hydrogen-bond acceptors (Lipinski definition) is 12. The number of amides is 6. The predicted octanol–water partition coefficient (Wildman–Crippen LogP) is 6.27. The molecule has 18 heteroatoms. The summed E-state index contributed by atoms with van der Waals surface area (Å²) in [6.07, 6.45) is 8.34. The molecule has 336 valence electrons. The highest BCUT2D eigenvalue weighted by Crippen LogP contribution is 2.37. The van der Waals surface area contributed by atoms with E-state index in [2.05, 4.69) is 40.6 Å². The molecule has 5 heterocycles. The standard InChI is InChI=1S/C48H45FN10O7/c1-50-35-17-20-51-28-33(35)29-11-14-36(55-45(62)37-18-21-53-44(54-37)43-34(49)8-7-9-40(43)66-2)39(26-29)57-22-24-58(25-23-57)42(61)10-5-3-4-6-19-52-30-12-13-31-32(27-30)48(65)59(47(31)64)38-15-16-41(60)56-46(38)63/h7-9,11-14,17-18,20-21,26-28,38,52H,3-6,10,15-16,19,22-25H2,2H3,(H,55,62)(H,56,60,63). The first-order valence-electron chi connectivity index (χ1n) is 21.6. The monoisotopic (exact) mass is 892 g/mol. The largest absolute Gasteiger partial charge is 0.496 e. The number of imide groups is 2.